The second-order valence-corrected chi connectivity index (χ2v) is 7.59. The number of aryl methyl sites for hydroxylation is 1. The Hall–Kier alpha value is -2.82. The van der Waals surface area contributed by atoms with E-state index in [1.54, 1.807) is 26.0 Å². The monoisotopic (exact) mass is 412 g/mol. The summed E-state index contributed by atoms with van der Waals surface area (Å²) in [7, 11) is 0. The summed E-state index contributed by atoms with van der Waals surface area (Å²) in [4.78, 5) is 23.8. The molecule has 0 unspecified atom stereocenters. The predicted octanol–water partition coefficient (Wildman–Crippen LogP) is 6.73. The van der Waals surface area contributed by atoms with Crippen LogP contribution in [0.4, 0.5) is 4.79 Å². The average molecular weight is 413 g/mol. The van der Waals surface area contributed by atoms with Crippen LogP contribution in [0.25, 0.3) is 0 Å². The van der Waals surface area contributed by atoms with Gasteiger partial charge in [0.1, 0.15) is 11.5 Å². The summed E-state index contributed by atoms with van der Waals surface area (Å²) in [5, 5.41) is 0. The van der Waals surface area contributed by atoms with E-state index in [1.165, 1.54) is 56.2 Å². The number of carbonyl (C=O) groups excluding carboxylic acids is 2. The fraction of sp³-hybridized carbons (Fsp3) is 0.440. The second-order valence-electron chi connectivity index (χ2n) is 7.59. The highest BCUT2D eigenvalue weighted by atomic mass is 16.7. The Morgan fingerprint density at radius 3 is 1.97 bits per heavy atom. The molecule has 0 aliphatic heterocycles. The normalized spacial score (nSPS) is 10.7. The lowest BCUT2D eigenvalue weighted by atomic mass is 10.0. The third-order valence-corrected chi connectivity index (χ3v) is 4.58. The van der Waals surface area contributed by atoms with Crippen LogP contribution in [-0.2, 0) is 11.2 Å². The maximum atomic E-state index is 12.3. The molecular weight excluding hydrogens is 380 g/mol. The quantitative estimate of drug-likeness (QED) is 0.177. The first-order chi connectivity index (χ1) is 14.5. The van der Waals surface area contributed by atoms with E-state index in [4.69, 9.17) is 14.2 Å². The van der Waals surface area contributed by atoms with Crippen LogP contribution in [0.2, 0.25) is 0 Å². The fourth-order valence-electron chi connectivity index (χ4n) is 2.97. The molecule has 0 aromatic heterocycles. The number of unbranched alkanes of at least 4 members (excludes halogenated alkanes) is 5. The van der Waals surface area contributed by atoms with Gasteiger partial charge in [0, 0.05) is 0 Å². The zero-order valence-corrected chi connectivity index (χ0v) is 18.2. The summed E-state index contributed by atoms with van der Waals surface area (Å²) in [5.41, 5.74) is 1.62. The van der Waals surface area contributed by atoms with Gasteiger partial charge in [-0.25, -0.2) is 9.59 Å². The molecule has 5 nitrogen and oxygen atoms in total. The first-order valence-electron chi connectivity index (χ1n) is 10.8. The van der Waals surface area contributed by atoms with Gasteiger partial charge in [-0.1, -0.05) is 51.2 Å². The van der Waals surface area contributed by atoms with Crippen LogP contribution in [0.3, 0.4) is 0 Å². The van der Waals surface area contributed by atoms with Gasteiger partial charge >= 0.3 is 12.1 Å². The lowest BCUT2D eigenvalue weighted by molar-refractivity contribution is 0.0727. The number of ether oxygens (including phenoxy) is 3. The van der Waals surface area contributed by atoms with Gasteiger partial charge in [-0.2, -0.15) is 0 Å². The number of hydrogen-bond acceptors (Lipinski definition) is 5. The van der Waals surface area contributed by atoms with Crippen LogP contribution in [0.15, 0.2) is 48.5 Å². The minimum absolute atomic E-state index is 0.260. The summed E-state index contributed by atoms with van der Waals surface area (Å²) in [5.74, 6) is 0.346. The minimum Gasteiger partial charge on any atom is -0.431 e. The molecule has 0 saturated carbocycles. The molecule has 0 bridgehead atoms. The highest BCUT2D eigenvalue weighted by Gasteiger charge is 2.11. The third kappa shape index (κ3) is 8.68. The van der Waals surface area contributed by atoms with Crippen molar-refractivity contribution >= 4 is 12.1 Å². The summed E-state index contributed by atoms with van der Waals surface area (Å²) in [6.07, 6.45) is 7.65. The third-order valence-electron chi connectivity index (χ3n) is 4.58. The van der Waals surface area contributed by atoms with Crippen molar-refractivity contribution in [2.45, 2.75) is 71.8 Å². The minimum atomic E-state index is -0.777. The van der Waals surface area contributed by atoms with E-state index in [1.807, 2.05) is 24.3 Å². The molecule has 2 aromatic rings. The Morgan fingerprint density at radius 2 is 1.33 bits per heavy atom. The van der Waals surface area contributed by atoms with Gasteiger partial charge in [0.25, 0.3) is 0 Å². The highest BCUT2D eigenvalue weighted by molar-refractivity contribution is 5.91. The van der Waals surface area contributed by atoms with Gasteiger partial charge in [0.15, 0.2) is 0 Å². The molecule has 0 radical (unpaired) electrons. The van der Waals surface area contributed by atoms with Crippen molar-refractivity contribution in [1.29, 1.82) is 0 Å². The molecule has 0 saturated heterocycles. The van der Waals surface area contributed by atoms with Crippen LogP contribution >= 0.6 is 0 Å². The Kier molecular flexibility index (Phi) is 9.92. The van der Waals surface area contributed by atoms with Crippen molar-refractivity contribution < 1.29 is 23.8 Å². The predicted molar refractivity (Wildman–Crippen MR) is 117 cm³/mol. The van der Waals surface area contributed by atoms with Gasteiger partial charge in [0.05, 0.1) is 11.7 Å². The first-order valence-corrected chi connectivity index (χ1v) is 10.8. The van der Waals surface area contributed by atoms with E-state index in [-0.39, 0.29) is 6.10 Å². The molecule has 2 aromatic carbocycles. The molecule has 0 heterocycles. The van der Waals surface area contributed by atoms with Crippen molar-refractivity contribution in [1.82, 2.24) is 0 Å². The molecule has 0 atom stereocenters. The molecule has 2 rings (SSSR count). The summed E-state index contributed by atoms with van der Waals surface area (Å²) in [6, 6.07) is 13.8. The Labute approximate surface area is 179 Å². The fourth-order valence-corrected chi connectivity index (χ4v) is 2.97. The van der Waals surface area contributed by atoms with Crippen molar-refractivity contribution in [3.05, 3.63) is 59.7 Å². The highest BCUT2D eigenvalue weighted by Crippen LogP contribution is 2.18. The van der Waals surface area contributed by atoms with Crippen LogP contribution in [0, 0.1) is 0 Å². The van der Waals surface area contributed by atoms with Crippen LogP contribution < -0.4 is 9.47 Å². The average Bonchev–Trinajstić information content (AvgIpc) is 2.71. The lowest BCUT2D eigenvalue weighted by Crippen LogP contribution is -2.15. The summed E-state index contributed by atoms with van der Waals surface area (Å²) >= 11 is 0. The number of rotatable bonds is 11. The topological polar surface area (TPSA) is 61.8 Å². The van der Waals surface area contributed by atoms with Gasteiger partial charge in [-0.15, -0.1) is 0 Å². The van der Waals surface area contributed by atoms with Gasteiger partial charge in [0.2, 0.25) is 0 Å². The molecule has 0 spiro atoms. The largest absolute Gasteiger partial charge is 0.514 e. The molecule has 30 heavy (non-hydrogen) atoms. The van der Waals surface area contributed by atoms with Crippen LogP contribution in [-0.4, -0.2) is 18.2 Å². The van der Waals surface area contributed by atoms with Gasteiger partial charge < -0.3 is 14.2 Å². The van der Waals surface area contributed by atoms with Gasteiger partial charge in [-0.05, 0) is 68.7 Å². The van der Waals surface area contributed by atoms with E-state index >= 15 is 0 Å². The molecule has 0 aliphatic rings. The molecule has 0 N–H and O–H groups in total. The SMILES string of the molecule is CCCCCCCCc1ccc(OC(=O)c2ccc(OC(=O)OC(C)C)cc2)cc1. The first kappa shape index (κ1) is 23.5. The van der Waals surface area contributed by atoms with E-state index in [0.717, 1.165) is 6.42 Å². The molecule has 0 fully saturated rings. The van der Waals surface area contributed by atoms with E-state index < -0.39 is 12.1 Å². The Bertz CT molecular complexity index is 778. The number of benzene rings is 2. The van der Waals surface area contributed by atoms with Crippen LogP contribution in [0.1, 0.15) is 75.2 Å². The molecule has 0 amide bonds. The number of hydrogen-bond donors (Lipinski definition) is 0. The maximum Gasteiger partial charge on any atom is 0.514 e. The van der Waals surface area contributed by atoms with E-state index in [0.29, 0.717) is 17.1 Å². The molecular formula is C25H32O5. The van der Waals surface area contributed by atoms with E-state index in [9.17, 15) is 9.59 Å². The summed E-state index contributed by atoms with van der Waals surface area (Å²) in [6.45, 7) is 5.70. The molecule has 0 aliphatic carbocycles. The molecule has 162 valence electrons. The van der Waals surface area contributed by atoms with Crippen molar-refractivity contribution in [3.63, 3.8) is 0 Å². The van der Waals surface area contributed by atoms with Crippen molar-refractivity contribution in [2.24, 2.45) is 0 Å². The van der Waals surface area contributed by atoms with Crippen molar-refractivity contribution in [2.75, 3.05) is 0 Å². The zero-order chi connectivity index (χ0) is 21.8. The smallest absolute Gasteiger partial charge is 0.431 e. The Morgan fingerprint density at radius 1 is 0.767 bits per heavy atom. The van der Waals surface area contributed by atoms with Crippen LogP contribution in [0.5, 0.6) is 11.5 Å². The summed E-state index contributed by atoms with van der Waals surface area (Å²) < 4.78 is 15.4. The number of esters is 1. The lowest BCUT2D eigenvalue weighted by Gasteiger charge is -2.09. The second kappa shape index (κ2) is 12.7. The Balaban J connectivity index is 1.79. The van der Waals surface area contributed by atoms with Crippen molar-refractivity contribution in [3.8, 4) is 11.5 Å². The maximum absolute atomic E-state index is 12.3. The standard InChI is InChI=1S/C25H32O5/c1-4-5-6-7-8-9-10-20-11-15-22(16-12-20)29-24(26)21-13-17-23(18-14-21)30-25(27)28-19(2)3/h11-19H,4-10H2,1-3H3. The van der Waals surface area contributed by atoms with E-state index in [2.05, 4.69) is 6.92 Å². The van der Waals surface area contributed by atoms with Gasteiger partial charge in [-0.3, -0.25) is 0 Å². The number of carbonyl (C=O) groups is 2. The zero-order valence-electron chi connectivity index (χ0n) is 18.2. The molecule has 5 heteroatoms.